The summed E-state index contributed by atoms with van der Waals surface area (Å²) in [6.07, 6.45) is 0.764. The molecule has 0 spiro atoms. The molecule has 2 aromatic rings. The summed E-state index contributed by atoms with van der Waals surface area (Å²) in [4.78, 5) is 0. The summed E-state index contributed by atoms with van der Waals surface area (Å²) >= 11 is 12.5. The van der Waals surface area contributed by atoms with Gasteiger partial charge in [-0.2, -0.15) is 0 Å². The molecule has 0 aliphatic carbocycles. The van der Waals surface area contributed by atoms with Gasteiger partial charge in [-0.15, -0.1) is 0 Å². The van der Waals surface area contributed by atoms with Gasteiger partial charge in [0.1, 0.15) is 17.3 Å². The highest BCUT2D eigenvalue weighted by Gasteiger charge is 2.10. The van der Waals surface area contributed by atoms with Crippen LogP contribution in [0.2, 0.25) is 5.02 Å². The largest absolute Gasteiger partial charge is 0.456 e. The number of halogens is 4. The van der Waals surface area contributed by atoms with Crippen molar-refractivity contribution in [2.45, 2.75) is 19.4 Å². The molecular weight excluding hydrogens is 424 g/mol. The molecule has 1 atom stereocenters. The Bertz CT molecular complexity index is 664. The third-order valence-corrected chi connectivity index (χ3v) is 4.42. The molecule has 0 aromatic heterocycles. The summed E-state index contributed by atoms with van der Waals surface area (Å²) < 4.78 is 20.7. The van der Waals surface area contributed by atoms with Crippen molar-refractivity contribution in [2.75, 3.05) is 0 Å². The Morgan fingerprint density at radius 2 is 1.95 bits per heavy atom. The summed E-state index contributed by atoms with van der Waals surface area (Å²) in [5.41, 5.74) is 6.89. The first-order chi connectivity index (χ1) is 9.86. The smallest absolute Gasteiger partial charge is 0.145 e. The monoisotopic (exact) mass is 435 g/mol. The standard InChI is InChI=1S/C15H13Br2ClFNO/c1-8(20)4-9-2-3-10(5-11(9)16)21-15-7-14(19)13(18)6-12(15)17/h2-3,5-8H,4,20H2,1H3. The van der Waals surface area contributed by atoms with E-state index >= 15 is 0 Å². The van der Waals surface area contributed by atoms with E-state index in [0.717, 1.165) is 16.5 Å². The Kier molecular flexibility index (Phi) is 5.66. The third-order valence-electron chi connectivity index (χ3n) is 2.77. The van der Waals surface area contributed by atoms with Gasteiger partial charge in [-0.3, -0.25) is 0 Å². The normalized spacial score (nSPS) is 12.3. The van der Waals surface area contributed by atoms with Gasteiger partial charge >= 0.3 is 0 Å². The highest BCUT2D eigenvalue weighted by atomic mass is 79.9. The zero-order valence-electron chi connectivity index (χ0n) is 11.2. The molecule has 0 heterocycles. The van der Waals surface area contributed by atoms with Crippen LogP contribution in [0, 0.1) is 5.82 Å². The lowest BCUT2D eigenvalue weighted by Gasteiger charge is -2.12. The Balaban J connectivity index is 2.24. The molecule has 0 bridgehead atoms. The molecule has 2 rings (SSSR count). The van der Waals surface area contributed by atoms with Gasteiger partial charge in [-0.05, 0) is 53.0 Å². The second-order valence-corrected chi connectivity index (χ2v) is 6.85. The van der Waals surface area contributed by atoms with E-state index in [4.69, 9.17) is 22.1 Å². The van der Waals surface area contributed by atoms with Crippen LogP contribution in [-0.2, 0) is 6.42 Å². The fourth-order valence-electron chi connectivity index (χ4n) is 1.81. The SMILES string of the molecule is CC(N)Cc1ccc(Oc2cc(F)c(Cl)cc2Br)cc1Br. The van der Waals surface area contributed by atoms with Crippen LogP contribution in [-0.4, -0.2) is 6.04 Å². The van der Waals surface area contributed by atoms with Crippen LogP contribution in [0.15, 0.2) is 39.3 Å². The second-order valence-electron chi connectivity index (χ2n) is 4.73. The van der Waals surface area contributed by atoms with Crippen molar-refractivity contribution in [3.05, 3.63) is 55.7 Å². The molecule has 21 heavy (non-hydrogen) atoms. The highest BCUT2D eigenvalue weighted by molar-refractivity contribution is 9.10. The number of hydrogen-bond donors (Lipinski definition) is 1. The van der Waals surface area contributed by atoms with Crippen molar-refractivity contribution in [2.24, 2.45) is 5.73 Å². The van der Waals surface area contributed by atoms with Gasteiger partial charge in [0, 0.05) is 16.6 Å². The molecule has 0 saturated heterocycles. The maximum Gasteiger partial charge on any atom is 0.145 e. The summed E-state index contributed by atoms with van der Waals surface area (Å²) in [7, 11) is 0. The van der Waals surface area contributed by atoms with Crippen molar-refractivity contribution in [1.82, 2.24) is 0 Å². The maximum atomic E-state index is 13.5. The quantitative estimate of drug-likeness (QED) is 0.624. The van der Waals surface area contributed by atoms with Crippen LogP contribution in [0.25, 0.3) is 0 Å². The summed E-state index contributed by atoms with van der Waals surface area (Å²) in [6, 6.07) is 8.37. The fraction of sp³-hybridized carbons (Fsp3) is 0.200. The Hall–Kier alpha value is -0.620. The molecular formula is C15H13Br2ClFNO. The van der Waals surface area contributed by atoms with Gasteiger partial charge in [0.05, 0.1) is 9.50 Å². The predicted octanol–water partition coefficient (Wildman–Crippen LogP) is 5.69. The van der Waals surface area contributed by atoms with E-state index in [0.29, 0.717) is 16.0 Å². The van der Waals surface area contributed by atoms with Crippen LogP contribution >= 0.6 is 43.5 Å². The lowest BCUT2D eigenvalue weighted by Crippen LogP contribution is -2.17. The van der Waals surface area contributed by atoms with Gasteiger partial charge in [0.25, 0.3) is 0 Å². The van der Waals surface area contributed by atoms with Crippen LogP contribution in [0.1, 0.15) is 12.5 Å². The molecule has 2 nitrogen and oxygen atoms in total. The molecule has 0 saturated carbocycles. The molecule has 1 unspecified atom stereocenters. The van der Waals surface area contributed by atoms with Gasteiger partial charge in [-0.25, -0.2) is 4.39 Å². The zero-order chi connectivity index (χ0) is 15.6. The number of benzene rings is 2. The van der Waals surface area contributed by atoms with E-state index in [1.165, 1.54) is 12.1 Å². The van der Waals surface area contributed by atoms with Gasteiger partial charge in [0.2, 0.25) is 0 Å². The summed E-state index contributed by atoms with van der Waals surface area (Å²) in [5.74, 6) is 0.434. The second kappa shape index (κ2) is 7.09. The highest BCUT2D eigenvalue weighted by Crippen LogP contribution is 2.35. The first kappa shape index (κ1) is 16.7. The Morgan fingerprint density at radius 1 is 1.24 bits per heavy atom. The van der Waals surface area contributed by atoms with E-state index in [2.05, 4.69) is 31.9 Å². The first-order valence-electron chi connectivity index (χ1n) is 6.23. The molecule has 0 radical (unpaired) electrons. The van der Waals surface area contributed by atoms with Crippen molar-refractivity contribution in [3.63, 3.8) is 0 Å². The molecule has 0 aliphatic heterocycles. The van der Waals surface area contributed by atoms with E-state index in [9.17, 15) is 4.39 Å². The maximum absolute atomic E-state index is 13.5. The molecule has 2 aromatic carbocycles. The van der Waals surface area contributed by atoms with Gasteiger partial charge in [-0.1, -0.05) is 33.6 Å². The fourth-order valence-corrected chi connectivity index (χ4v) is 3.05. The predicted molar refractivity (Wildman–Crippen MR) is 90.7 cm³/mol. The molecule has 112 valence electrons. The van der Waals surface area contributed by atoms with Crippen LogP contribution in [0.5, 0.6) is 11.5 Å². The molecule has 0 aliphatic rings. The Labute approximate surface area is 144 Å². The lowest BCUT2D eigenvalue weighted by atomic mass is 10.1. The minimum Gasteiger partial charge on any atom is -0.456 e. The summed E-state index contributed by atoms with van der Waals surface area (Å²) in [5, 5.41) is 0.0442. The molecule has 2 N–H and O–H groups in total. The molecule has 0 amide bonds. The number of hydrogen-bond acceptors (Lipinski definition) is 2. The van der Waals surface area contributed by atoms with Gasteiger partial charge < -0.3 is 10.5 Å². The minimum atomic E-state index is -0.525. The van der Waals surface area contributed by atoms with Crippen molar-refractivity contribution < 1.29 is 9.13 Å². The van der Waals surface area contributed by atoms with Gasteiger partial charge in [0.15, 0.2) is 0 Å². The molecule has 0 fully saturated rings. The number of nitrogens with two attached hydrogens (primary N) is 1. The molecule has 6 heteroatoms. The Morgan fingerprint density at radius 3 is 2.57 bits per heavy atom. The van der Waals surface area contributed by atoms with Crippen LogP contribution in [0.4, 0.5) is 4.39 Å². The number of ether oxygens (including phenoxy) is 1. The van der Waals surface area contributed by atoms with Crippen LogP contribution < -0.4 is 10.5 Å². The van der Waals surface area contributed by atoms with E-state index in [-0.39, 0.29) is 11.1 Å². The lowest BCUT2D eigenvalue weighted by molar-refractivity contribution is 0.473. The van der Waals surface area contributed by atoms with Crippen LogP contribution in [0.3, 0.4) is 0 Å². The van der Waals surface area contributed by atoms with E-state index in [1.807, 2.05) is 25.1 Å². The van der Waals surface area contributed by atoms with Crippen molar-refractivity contribution in [3.8, 4) is 11.5 Å². The average molecular weight is 438 g/mol. The number of rotatable bonds is 4. The van der Waals surface area contributed by atoms with Crippen molar-refractivity contribution >= 4 is 43.5 Å². The topological polar surface area (TPSA) is 35.2 Å². The zero-order valence-corrected chi connectivity index (χ0v) is 15.1. The summed E-state index contributed by atoms with van der Waals surface area (Å²) in [6.45, 7) is 1.95. The third kappa shape index (κ3) is 4.42. The van der Waals surface area contributed by atoms with E-state index < -0.39 is 5.82 Å². The average Bonchev–Trinajstić information content (AvgIpc) is 2.39. The minimum absolute atomic E-state index is 0.0442. The van der Waals surface area contributed by atoms with E-state index in [1.54, 1.807) is 0 Å². The van der Waals surface area contributed by atoms with Crippen molar-refractivity contribution in [1.29, 1.82) is 0 Å². The first-order valence-corrected chi connectivity index (χ1v) is 8.19.